The zero-order valence-corrected chi connectivity index (χ0v) is 10.4. The Hall–Kier alpha value is -1.07. The summed E-state index contributed by atoms with van der Waals surface area (Å²) >= 11 is 0. The maximum atomic E-state index is 11.5. The first-order chi connectivity index (χ1) is 7.49. The van der Waals surface area contributed by atoms with E-state index in [1.54, 1.807) is 12.1 Å². The molecule has 0 fully saturated rings. The van der Waals surface area contributed by atoms with Gasteiger partial charge in [0.05, 0.1) is 0 Å². The van der Waals surface area contributed by atoms with Crippen molar-refractivity contribution in [3.63, 3.8) is 0 Å². The fraction of sp³-hybridized carbons (Fsp3) is 0.455. The Morgan fingerprint density at radius 3 is 2.69 bits per heavy atom. The molecule has 0 aliphatic heterocycles. The number of benzene rings is 1. The van der Waals surface area contributed by atoms with Crippen LogP contribution in [0.1, 0.15) is 13.3 Å². The normalized spacial score (nSPS) is 13.4. The van der Waals surface area contributed by atoms with Crippen molar-refractivity contribution in [3.05, 3.63) is 24.3 Å². The molecule has 1 aromatic rings. The molecule has 89 valence electrons. The predicted octanol–water partition coefficient (Wildman–Crippen LogP) is 1.65. The Balaban J connectivity index is 3.05. The quantitative estimate of drug-likeness (QED) is 0.738. The van der Waals surface area contributed by atoms with E-state index in [1.165, 1.54) is 13.2 Å². The lowest BCUT2D eigenvalue weighted by Crippen LogP contribution is -2.18. The molecular weight excluding hydrogens is 228 g/mol. The molecule has 0 spiro atoms. The molecule has 0 aromatic heterocycles. The number of sulfone groups is 1. The number of hydrogen-bond donors (Lipinski definition) is 0. The van der Waals surface area contributed by atoms with E-state index < -0.39 is 16.1 Å². The summed E-state index contributed by atoms with van der Waals surface area (Å²) in [6.07, 6.45) is 1.31. The van der Waals surface area contributed by atoms with Crippen molar-refractivity contribution in [2.45, 2.75) is 24.5 Å². The summed E-state index contributed by atoms with van der Waals surface area (Å²) in [6, 6.07) is 7.47. The van der Waals surface area contributed by atoms with Gasteiger partial charge in [-0.2, -0.15) is 0 Å². The average molecular weight is 243 g/mol. The van der Waals surface area contributed by atoms with Crippen LogP contribution in [0.5, 0.6) is 5.75 Å². The summed E-state index contributed by atoms with van der Waals surface area (Å²) in [4.78, 5) is 0.0606. The highest BCUT2D eigenvalue weighted by Crippen LogP contribution is 2.24. The average Bonchev–Trinajstić information content (AvgIpc) is 2.25. The molecule has 4 nitrogen and oxygen atoms in total. The molecule has 16 heavy (non-hydrogen) atoms. The molecule has 0 bridgehead atoms. The number of methoxy groups -OCH3 is 1. The zero-order chi connectivity index (χ0) is 12.2. The summed E-state index contributed by atoms with van der Waals surface area (Å²) in [6.45, 7) is 1.89. The highest BCUT2D eigenvalue weighted by Gasteiger charge is 2.16. The third-order valence-electron chi connectivity index (χ3n) is 2.01. The van der Waals surface area contributed by atoms with E-state index in [-0.39, 0.29) is 10.6 Å². The molecule has 0 aliphatic rings. The van der Waals surface area contributed by atoms with Crippen LogP contribution in [0.3, 0.4) is 0 Å². The van der Waals surface area contributed by atoms with Gasteiger partial charge in [-0.3, -0.25) is 0 Å². The van der Waals surface area contributed by atoms with E-state index in [9.17, 15) is 8.42 Å². The minimum absolute atomic E-state index is 0.0606. The van der Waals surface area contributed by atoms with Gasteiger partial charge in [0.15, 0.2) is 16.1 Å². The summed E-state index contributed by atoms with van der Waals surface area (Å²) in [5.41, 5.74) is 0. The molecule has 0 heterocycles. The Kier molecular flexibility index (Phi) is 4.32. The van der Waals surface area contributed by atoms with Crippen LogP contribution >= 0.6 is 0 Å². The molecule has 1 atom stereocenters. The highest BCUT2D eigenvalue weighted by molar-refractivity contribution is 7.90. The van der Waals surface area contributed by atoms with Gasteiger partial charge in [-0.15, -0.1) is 0 Å². The van der Waals surface area contributed by atoms with Crippen molar-refractivity contribution in [2.75, 3.05) is 13.4 Å². The molecule has 1 aromatic carbocycles. The van der Waals surface area contributed by atoms with Crippen LogP contribution in [0.2, 0.25) is 0 Å². The van der Waals surface area contributed by atoms with E-state index >= 15 is 0 Å². The summed E-state index contributed by atoms with van der Waals surface area (Å²) in [5, 5.41) is 0. The summed E-state index contributed by atoms with van der Waals surface area (Å²) in [7, 11) is -1.82. The van der Waals surface area contributed by atoms with Crippen LogP contribution in [0.4, 0.5) is 0 Å². The van der Waals surface area contributed by atoms with Crippen LogP contribution < -0.4 is 4.74 Å². The first-order valence-electron chi connectivity index (χ1n) is 4.89. The third-order valence-corrected chi connectivity index (χ3v) is 3.07. The van der Waals surface area contributed by atoms with Gasteiger partial charge < -0.3 is 9.47 Å². The topological polar surface area (TPSA) is 52.6 Å². The van der Waals surface area contributed by atoms with Gasteiger partial charge in [-0.1, -0.05) is 19.1 Å². The van der Waals surface area contributed by atoms with Gasteiger partial charge in [0.1, 0.15) is 10.6 Å². The van der Waals surface area contributed by atoms with Crippen molar-refractivity contribution in [1.82, 2.24) is 0 Å². The second kappa shape index (κ2) is 5.32. The lowest BCUT2D eigenvalue weighted by Gasteiger charge is -2.17. The van der Waals surface area contributed by atoms with E-state index in [0.717, 1.165) is 6.26 Å². The number of ether oxygens (including phenoxy) is 2. The molecule has 1 radical (unpaired) electrons. The Bertz CT molecular complexity index is 435. The van der Waals surface area contributed by atoms with Crippen LogP contribution in [0.15, 0.2) is 23.1 Å². The van der Waals surface area contributed by atoms with Crippen LogP contribution in [-0.4, -0.2) is 28.1 Å². The molecule has 0 amide bonds. The zero-order valence-electron chi connectivity index (χ0n) is 9.56. The monoisotopic (exact) mass is 243 g/mol. The standard InChI is InChI=1S/C11H15O4S/c1-4-11(14-2)15-9-7-5-6-8-10(9)16(3,12)13/h5-7,11H,4H2,1-3H3. The van der Waals surface area contributed by atoms with E-state index in [2.05, 4.69) is 6.07 Å². The smallest absolute Gasteiger partial charge is 0.199 e. The fourth-order valence-corrected chi connectivity index (χ4v) is 1.99. The first kappa shape index (κ1) is 13.0. The van der Waals surface area contributed by atoms with Gasteiger partial charge in [-0.05, 0) is 6.07 Å². The Labute approximate surface area is 96.1 Å². The van der Waals surface area contributed by atoms with Gasteiger partial charge in [0.2, 0.25) is 0 Å². The molecular formula is C11H15O4S. The molecule has 1 unspecified atom stereocenters. The number of rotatable bonds is 5. The van der Waals surface area contributed by atoms with Crippen LogP contribution in [0, 0.1) is 6.07 Å². The predicted molar refractivity (Wildman–Crippen MR) is 60.1 cm³/mol. The third kappa shape index (κ3) is 3.21. The van der Waals surface area contributed by atoms with Crippen molar-refractivity contribution >= 4 is 9.84 Å². The molecule has 5 heteroatoms. The van der Waals surface area contributed by atoms with Crippen LogP contribution in [-0.2, 0) is 14.6 Å². The SMILES string of the molecule is CCC(OC)Oc1ccc[c]c1S(C)(=O)=O. The van der Waals surface area contributed by atoms with Gasteiger partial charge >= 0.3 is 0 Å². The van der Waals surface area contributed by atoms with Crippen molar-refractivity contribution in [2.24, 2.45) is 0 Å². The molecule has 0 saturated carbocycles. The maximum Gasteiger partial charge on any atom is 0.199 e. The second-order valence-corrected chi connectivity index (χ2v) is 5.28. The van der Waals surface area contributed by atoms with Crippen molar-refractivity contribution in [3.8, 4) is 5.75 Å². The molecule has 0 aliphatic carbocycles. The Morgan fingerprint density at radius 1 is 1.50 bits per heavy atom. The summed E-state index contributed by atoms with van der Waals surface area (Å²) in [5.74, 6) is 0.277. The fourth-order valence-electron chi connectivity index (χ4n) is 1.23. The van der Waals surface area contributed by atoms with Gasteiger partial charge in [0, 0.05) is 25.9 Å². The largest absolute Gasteiger partial charge is 0.464 e. The minimum atomic E-state index is -3.33. The minimum Gasteiger partial charge on any atom is -0.464 e. The van der Waals surface area contributed by atoms with Gasteiger partial charge in [-0.25, -0.2) is 8.42 Å². The van der Waals surface area contributed by atoms with Crippen molar-refractivity contribution < 1.29 is 17.9 Å². The van der Waals surface area contributed by atoms with E-state index in [1.807, 2.05) is 6.92 Å². The molecule has 0 saturated heterocycles. The maximum absolute atomic E-state index is 11.5. The lowest BCUT2D eigenvalue weighted by molar-refractivity contribution is -0.0564. The summed E-state index contributed by atoms with van der Waals surface area (Å²) < 4.78 is 33.4. The highest BCUT2D eigenvalue weighted by atomic mass is 32.2. The van der Waals surface area contributed by atoms with Crippen LogP contribution in [0.25, 0.3) is 0 Å². The molecule has 0 N–H and O–H groups in total. The second-order valence-electron chi connectivity index (χ2n) is 3.33. The first-order valence-corrected chi connectivity index (χ1v) is 6.78. The Morgan fingerprint density at radius 2 is 2.19 bits per heavy atom. The molecule has 1 rings (SSSR count). The lowest BCUT2D eigenvalue weighted by atomic mass is 10.3. The van der Waals surface area contributed by atoms with Gasteiger partial charge in [0.25, 0.3) is 0 Å². The van der Waals surface area contributed by atoms with E-state index in [0.29, 0.717) is 6.42 Å². The van der Waals surface area contributed by atoms with Crippen molar-refractivity contribution in [1.29, 1.82) is 0 Å². The van der Waals surface area contributed by atoms with E-state index in [4.69, 9.17) is 9.47 Å². The number of hydrogen-bond acceptors (Lipinski definition) is 4.